The second kappa shape index (κ2) is 4.18. The fourth-order valence-corrected chi connectivity index (χ4v) is 1.92. The number of nitrogens with zero attached hydrogens (tertiary/aromatic N) is 1. The van der Waals surface area contributed by atoms with Gasteiger partial charge in [0.25, 0.3) is 0 Å². The predicted octanol–water partition coefficient (Wildman–Crippen LogP) is 0.832. The highest BCUT2D eigenvalue weighted by molar-refractivity contribution is 9.09. The molecule has 0 bridgehead atoms. The Balaban J connectivity index is 2.46. The van der Waals surface area contributed by atoms with Crippen LogP contribution in [0.15, 0.2) is 0 Å². The van der Waals surface area contributed by atoms with E-state index in [-0.39, 0.29) is 18.2 Å². The van der Waals surface area contributed by atoms with Crippen molar-refractivity contribution in [3.63, 3.8) is 0 Å². The number of rotatable bonds is 2. The molecule has 0 aromatic rings. The van der Waals surface area contributed by atoms with Gasteiger partial charge in [0.2, 0.25) is 5.91 Å². The molecule has 0 saturated carbocycles. The molecular weight excluding hydrogens is 227 g/mol. The summed E-state index contributed by atoms with van der Waals surface area (Å²) in [6.07, 6.45) is -0.127. The Bertz CT molecular complexity index is 179. The zero-order valence-electron chi connectivity index (χ0n) is 6.67. The lowest BCUT2D eigenvalue weighted by Gasteiger charge is -2.32. The molecule has 2 N–H and O–H groups in total. The van der Waals surface area contributed by atoms with E-state index < -0.39 is 6.30 Å². The van der Waals surface area contributed by atoms with E-state index in [0.717, 1.165) is 0 Å². The van der Waals surface area contributed by atoms with Gasteiger partial charge in [-0.25, -0.2) is 4.39 Å². The minimum atomic E-state index is -1.03. The molecule has 2 atom stereocenters. The van der Waals surface area contributed by atoms with Crippen LogP contribution >= 0.6 is 15.9 Å². The third kappa shape index (κ3) is 2.17. The molecular formula is C7H12BrFN2O. The molecule has 70 valence electrons. The van der Waals surface area contributed by atoms with Crippen molar-refractivity contribution >= 4 is 21.8 Å². The Kier molecular flexibility index (Phi) is 3.46. The zero-order chi connectivity index (χ0) is 9.14. The van der Waals surface area contributed by atoms with Crippen LogP contribution in [-0.4, -0.2) is 29.1 Å². The molecule has 0 spiro atoms. The van der Waals surface area contributed by atoms with Crippen LogP contribution in [0, 0.1) is 5.92 Å². The predicted molar refractivity (Wildman–Crippen MR) is 47.3 cm³/mol. The highest BCUT2D eigenvalue weighted by Gasteiger charge is 2.30. The summed E-state index contributed by atoms with van der Waals surface area (Å²) < 4.78 is 13.1. The summed E-state index contributed by atoms with van der Waals surface area (Å²) in [4.78, 5) is 12.4. The van der Waals surface area contributed by atoms with Crippen LogP contribution in [0.3, 0.4) is 0 Å². The highest BCUT2D eigenvalue weighted by atomic mass is 79.9. The van der Waals surface area contributed by atoms with Gasteiger partial charge in [0.05, 0.1) is 5.45 Å². The highest BCUT2D eigenvalue weighted by Crippen LogP contribution is 2.23. The summed E-state index contributed by atoms with van der Waals surface area (Å²) in [6.45, 7) is 0.597. The average molecular weight is 239 g/mol. The van der Waals surface area contributed by atoms with Crippen molar-refractivity contribution < 1.29 is 9.18 Å². The van der Waals surface area contributed by atoms with Gasteiger partial charge in [-0.3, -0.25) is 9.69 Å². The SMILES string of the molecule is NC(=O)C1CCN(CBr)C(F)C1. The van der Waals surface area contributed by atoms with E-state index in [1.165, 1.54) is 0 Å². The van der Waals surface area contributed by atoms with Gasteiger partial charge in [0, 0.05) is 18.9 Å². The molecule has 12 heavy (non-hydrogen) atoms. The zero-order valence-corrected chi connectivity index (χ0v) is 8.26. The first-order valence-electron chi connectivity index (χ1n) is 3.88. The van der Waals surface area contributed by atoms with E-state index >= 15 is 0 Å². The van der Waals surface area contributed by atoms with E-state index in [9.17, 15) is 9.18 Å². The van der Waals surface area contributed by atoms with Crippen LogP contribution in [0.4, 0.5) is 4.39 Å². The van der Waals surface area contributed by atoms with Crippen molar-refractivity contribution in [2.45, 2.75) is 19.1 Å². The van der Waals surface area contributed by atoms with Crippen LogP contribution in [0.5, 0.6) is 0 Å². The second-order valence-electron chi connectivity index (χ2n) is 2.99. The lowest BCUT2D eigenvalue weighted by Crippen LogP contribution is -2.42. The number of alkyl halides is 2. The van der Waals surface area contributed by atoms with Crippen LogP contribution < -0.4 is 5.73 Å². The molecule has 1 heterocycles. The largest absolute Gasteiger partial charge is 0.369 e. The molecule has 1 aliphatic heterocycles. The van der Waals surface area contributed by atoms with Crippen molar-refractivity contribution in [2.75, 3.05) is 12.0 Å². The summed E-state index contributed by atoms with van der Waals surface area (Å²) in [5.41, 5.74) is 5.59. The first kappa shape index (κ1) is 9.92. The minimum absolute atomic E-state index is 0.237. The summed E-state index contributed by atoms with van der Waals surface area (Å²) in [6, 6.07) is 0. The first-order chi connectivity index (χ1) is 5.65. The Labute approximate surface area is 79.2 Å². The number of amides is 1. The van der Waals surface area contributed by atoms with Crippen LogP contribution in [0.2, 0.25) is 0 Å². The molecule has 0 aromatic heterocycles. The maximum absolute atomic E-state index is 13.1. The molecule has 0 aliphatic carbocycles. The Morgan fingerprint density at radius 2 is 2.42 bits per heavy atom. The quantitative estimate of drug-likeness (QED) is 0.573. The van der Waals surface area contributed by atoms with Gasteiger partial charge in [-0.15, -0.1) is 0 Å². The molecule has 1 amide bonds. The number of carbonyl (C=O) groups is 1. The smallest absolute Gasteiger partial charge is 0.220 e. The number of hydrogen-bond donors (Lipinski definition) is 1. The summed E-state index contributed by atoms with van der Waals surface area (Å²) >= 11 is 3.18. The molecule has 0 aromatic carbocycles. The number of halogens is 2. The number of carbonyl (C=O) groups excluding carboxylic acids is 1. The topological polar surface area (TPSA) is 46.3 Å². The lowest BCUT2D eigenvalue weighted by molar-refractivity contribution is -0.125. The van der Waals surface area contributed by atoms with Crippen LogP contribution in [0.25, 0.3) is 0 Å². The molecule has 1 aliphatic rings. The van der Waals surface area contributed by atoms with E-state index in [4.69, 9.17) is 5.73 Å². The van der Waals surface area contributed by atoms with Crippen molar-refractivity contribution in [3.05, 3.63) is 0 Å². The molecule has 1 saturated heterocycles. The Hall–Kier alpha value is -0.160. The first-order valence-corrected chi connectivity index (χ1v) is 5.00. The number of hydrogen-bond acceptors (Lipinski definition) is 2. The van der Waals surface area contributed by atoms with Crippen molar-refractivity contribution in [1.82, 2.24) is 4.90 Å². The van der Waals surface area contributed by atoms with Crippen molar-refractivity contribution in [3.8, 4) is 0 Å². The molecule has 1 fully saturated rings. The van der Waals surface area contributed by atoms with Gasteiger partial charge in [-0.1, -0.05) is 15.9 Å². The maximum Gasteiger partial charge on any atom is 0.220 e. The van der Waals surface area contributed by atoms with Gasteiger partial charge in [-0.2, -0.15) is 0 Å². The molecule has 3 nitrogen and oxygen atoms in total. The van der Waals surface area contributed by atoms with Crippen molar-refractivity contribution in [2.24, 2.45) is 11.7 Å². The van der Waals surface area contributed by atoms with Gasteiger partial charge >= 0.3 is 0 Å². The standard InChI is InChI=1S/C7H12BrFN2O/c8-4-11-2-1-5(7(10)12)3-6(11)9/h5-6H,1-4H2,(H2,10,12). The molecule has 2 unspecified atom stereocenters. The van der Waals surface area contributed by atoms with Gasteiger partial charge in [-0.05, 0) is 6.42 Å². The van der Waals surface area contributed by atoms with Gasteiger partial charge in [0.15, 0.2) is 6.30 Å². The summed E-state index contributed by atoms with van der Waals surface area (Å²) in [5.74, 6) is -0.665. The van der Waals surface area contributed by atoms with E-state index in [0.29, 0.717) is 18.4 Å². The minimum Gasteiger partial charge on any atom is -0.369 e. The molecule has 1 rings (SSSR count). The van der Waals surface area contributed by atoms with E-state index in [1.54, 1.807) is 4.90 Å². The third-order valence-electron chi connectivity index (χ3n) is 2.20. The normalized spacial score (nSPS) is 31.8. The lowest BCUT2D eigenvalue weighted by atomic mass is 9.96. The fraction of sp³-hybridized carbons (Fsp3) is 0.857. The fourth-order valence-electron chi connectivity index (χ4n) is 1.36. The maximum atomic E-state index is 13.1. The monoisotopic (exact) mass is 238 g/mol. The van der Waals surface area contributed by atoms with E-state index in [2.05, 4.69) is 15.9 Å². The van der Waals surface area contributed by atoms with Gasteiger partial charge in [0.1, 0.15) is 0 Å². The van der Waals surface area contributed by atoms with Crippen molar-refractivity contribution in [1.29, 1.82) is 0 Å². The van der Waals surface area contributed by atoms with Crippen LogP contribution in [0.1, 0.15) is 12.8 Å². The van der Waals surface area contributed by atoms with Gasteiger partial charge < -0.3 is 5.73 Å². The average Bonchev–Trinajstić information content (AvgIpc) is 2.04. The number of piperidine rings is 1. The van der Waals surface area contributed by atoms with E-state index in [1.807, 2.05) is 0 Å². The number of nitrogens with two attached hydrogens (primary N) is 1. The summed E-state index contributed by atoms with van der Waals surface area (Å²) in [7, 11) is 0. The van der Waals surface area contributed by atoms with Crippen LogP contribution in [-0.2, 0) is 4.79 Å². The number of primary amides is 1. The third-order valence-corrected chi connectivity index (χ3v) is 2.84. The summed E-state index contributed by atoms with van der Waals surface area (Å²) in [5, 5.41) is 0. The molecule has 0 radical (unpaired) electrons. The number of likely N-dealkylation sites (tertiary alicyclic amines) is 1. The molecule has 5 heteroatoms. The second-order valence-corrected chi connectivity index (χ2v) is 3.49. The Morgan fingerprint density at radius 3 is 2.83 bits per heavy atom. The Morgan fingerprint density at radius 1 is 1.75 bits per heavy atom.